The lowest BCUT2D eigenvalue weighted by Crippen LogP contribution is -2.40. The predicted molar refractivity (Wildman–Crippen MR) is 154 cm³/mol. The van der Waals surface area contributed by atoms with Crippen LogP contribution in [0.1, 0.15) is 16.7 Å². The Morgan fingerprint density at radius 3 is 2.17 bits per heavy atom. The molecule has 1 N–H and O–H groups in total. The maximum absolute atomic E-state index is 13.7. The lowest BCUT2D eigenvalue weighted by atomic mass is 10.2. The van der Waals surface area contributed by atoms with E-state index in [-0.39, 0.29) is 35.2 Å². The molecule has 0 aliphatic carbocycles. The molecule has 0 bridgehead atoms. The van der Waals surface area contributed by atoms with E-state index in [1.165, 1.54) is 50.4 Å². The number of aryl methyl sites for hydroxylation is 1. The molecule has 0 saturated carbocycles. The number of nitro benzene ring substituents is 1. The Bertz CT molecular complexity index is 1660. The van der Waals surface area contributed by atoms with Crippen LogP contribution in [0.5, 0.6) is 11.5 Å². The molecule has 0 aromatic heterocycles. The number of ether oxygens (including phenoxy) is 2. The monoisotopic (exact) mass is 593 g/mol. The normalized spacial score (nSPS) is 11.0. The molecule has 4 aromatic carbocycles. The highest BCUT2D eigenvalue weighted by atomic mass is 32.2. The van der Waals surface area contributed by atoms with Gasteiger partial charge in [0.25, 0.3) is 15.7 Å². The minimum atomic E-state index is -4.37. The van der Waals surface area contributed by atoms with Gasteiger partial charge < -0.3 is 14.8 Å². The van der Waals surface area contributed by atoms with Gasteiger partial charge in [-0.3, -0.25) is 19.2 Å². The largest absolute Gasteiger partial charge is 0.497 e. The van der Waals surface area contributed by atoms with Crippen LogP contribution in [0.4, 0.5) is 15.8 Å². The number of hydrogen-bond donors (Lipinski definition) is 1. The highest BCUT2D eigenvalue weighted by molar-refractivity contribution is 7.92. The summed E-state index contributed by atoms with van der Waals surface area (Å²) in [6.07, 6.45) is 0. The zero-order valence-electron chi connectivity index (χ0n) is 22.8. The number of methoxy groups -OCH3 is 1. The molecular formula is C30H28FN3O7S. The minimum Gasteiger partial charge on any atom is -0.497 e. The molecule has 218 valence electrons. The molecule has 0 atom stereocenters. The van der Waals surface area contributed by atoms with Gasteiger partial charge in [-0.2, -0.15) is 0 Å². The lowest BCUT2D eigenvalue weighted by Gasteiger charge is -2.24. The van der Waals surface area contributed by atoms with Crippen LogP contribution in [0.25, 0.3) is 0 Å². The van der Waals surface area contributed by atoms with E-state index in [0.717, 1.165) is 21.5 Å². The van der Waals surface area contributed by atoms with E-state index in [1.54, 1.807) is 48.5 Å². The molecule has 0 heterocycles. The van der Waals surface area contributed by atoms with Gasteiger partial charge in [0.15, 0.2) is 0 Å². The second-order valence-electron chi connectivity index (χ2n) is 9.25. The van der Waals surface area contributed by atoms with Gasteiger partial charge in [-0.25, -0.2) is 12.8 Å². The van der Waals surface area contributed by atoms with Crippen LogP contribution in [0, 0.1) is 22.9 Å². The number of amides is 1. The molecule has 0 aliphatic heterocycles. The Morgan fingerprint density at radius 2 is 1.55 bits per heavy atom. The summed E-state index contributed by atoms with van der Waals surface area (Å²) in [4.78, 5) is 23.4. The van der Waals surface area contributed by atoms with E-state index in [1.807, 2.05) is 0 Å². The van der Waals surface area contributed by atoms with E-state index in [2.05, 4.69) is 5.32 Å². The summed E-state index contributed by atoms with van der Waals surface area (Å²) < 4.78 is 52.1. The summed E-state index contributed by atoms with van der Waals surface area (Å²) in [5.74, 6) is 0.150. The van der Waals surface area contributed by atoms with Gasteiger partial charge >= 0.3 is 0 Å². The van der Waals surface area contributed by atoms with Crippen LogP contribution in [0.3, 0.4) is 0 Å². The van der Waals surface area contributed by atoms with Crippen LogP contribution >= 0.6 is 0 Å². The fraction of sp³-hybridized carbons (Fsp3) is 0.167. The first-order valence-corrected chi connectivity index (χ1v) is 14.2. The lowest BCUT2D eigenvalue weighted by molar-refractivity contribution is -0.385. The molecule has 42 heavy (non-hydrogen) atoms. The van der Waals surface area contributed by atoms with Crippen molar-refractivity contribution in [1.29, 1.82) is 0 Å². The molecule has 4 rings (SSSR count). The van der Waals surface area contributed by atoms with Crippen LogP contribution in [-0.4, -0.2) is 32.9 Å². The van der Waals surface area contributed by atoms with Crippen LogP contribution in [0.2, 0.25) is 0 Å². The Balaban J connectivity index is 1.46. The maximum Gasteiger partial charge on any atom is 0.273 e. The van der Waals surface area contributed by atoms with Crippen molar-refractivity contribution in [2.24, 2.45) is 0 Å². The van der Waals surface area contributed by atoms with Gasteiger partial charge in [0, 0.05) is 18.2 Å². The van der Waals surface area contributed by atoms with E-state index < -0.39 is 27.4 Å². The smallest absolute Gasteiger partial charge is 0.273 e. The molecule has 0 spiro atoms. The van der Waals surface area contributed by atoms with Crippen molar-refractivity contribution in [3.8, 4) is 11.5 Å². The topological polar surface area (TPSA) is 128 Å². The van der Waals surface area contributed by atoms with Crippen LogP contribution in [-0.2, 0) is 28.0 Å². The summed E-state index contributed by atoms with van der Waals surface area (Å²) in [6.45, 7) is 1.31. The first kappa shape index (κ1) is 30.0. The molecule has 0 radical (unpaired) electrons. The highest BCUT2D eigenvalue weighted by Crippen LogP contribution is 2.29. The van der Waals surface area contributed by atoms with Crippen molar-refractivity contribution in [1.82, 2.24) is 5.32 Å². The van der Waals surface area contributed by atoms with Crippen molar-refractivity contribution in [3.05, 3.63) is 124 Å². The first-order valence-electron chi connectivity index (χ1n) is 12.7. The van der Waals surface area contributed by atoms with Gasteiger partial charge in [0.1, 0.15) is 30.5 Å². The van der Waals surface area contributed by atoms with Crippen LogP contribution in [0.15, 0.2) is 95.9 Å². The molecule has 4 aromatic rings. The van der Waals surface area contributed by atoms with Crippen molar-refractivity contribution in [2.45, 2.75) is 25.0 Å². The molecule has 0 aliphatic rings. The van der Waals surface area contributed by atoms with Crippen molar-refractivity contribution < 1.29 is 32.0 Å². The van der Waals surface area contributed by atoms with E-state index in [0.29, 0.717) is 17.1 Å². The molecule has 0 fully saturated rings. The summed E-state index contributed by atoms with van der Waals surface area (Å²) in [5.41, 5.74) is 1.69. The molecule has 12 heteroatoms. The number of nitrogens with zero attached hydrogens (tertiary/aromatic N) is 2. The van der Waals surface area contributed by atoms with Gasteiger partial charge in [0.2, 0.25) is 5.91 Å². The predicted octanol–water partition coefficient (Wildman–Crippen LogP) is 5.14. The number of nitrogens with one attached hydrogen (secondary N) is 1. The number of halogens is 1. The third kappa shape index (κ3) is 7.40. The Morgan fingerprint density at radius 1 is 0.929 bits per heavy atom. The summed E-state index contributed by atoms with van der Waals surface area (Å²) >= 11 is 0. The average Bonchev–Trinajstić information content (AvgIpc) is 2.99. The van der Waals surface area contributed by atoms with Gasteiger partial charge in [-0.15, -0.1) is 0 Å². The molecular weight excluding hydrogens is 565 g/mol. The Hall–Kier alpha value is -4.97. The SMILES string of the molecule is COc1ccc(N(CC(=O)NCc2ccc(OCc3ccc(F)cc3)cc2)S(=O)(=O)c2ccc(C)c([N+](=O)[O-])c2)cc1. The fourth-order valence-electron chi connectivity index (χ4n) is 3.97. The maximum atomic E-state index is 13.7. The van der Waals surface area contributed by atoms with Crippen molar-refractivity contribution in [3.63, 3.8) is 0 Å². The first-order chi connectivity index (χ1) is 20.1. The van der Waals surface area contributed by atoms with E-state index in [4.69, 9.17) is 9.47 Å². The fourth-order valence-corrected chi connectivity index (χ4v) is 5.42. The summed E-state index contributed by atoms with van der Waals surface area (Å²) in [6, 6.07) is 22.6. The number of sulfonamides is 1. The number of carbonyl (C=O) groups is 1. The van der Waals surface area contributed by atoms with Gasteiger partial charge in [-0.05, 0) is 72.6 Å². The number of carbonyl (C=O) groups excluding carboxylic acids is 1. The minimum absolute atomic E-state index is 0.115. The highest BCUT2D eigenvalue weighted by Gasteiger charge is 2.29. The van der Waals surface area contributed by atoms with E-state index in [9.17, 15) is 27.7 Å². The van der Waals surface area contributed by atoms with Gasteiger partial charge in [0.05, 0.1) is 22.6 Å². The number of rotatable bonds is 12. The summed E-state index contributed by atoms with van der Waals surface area (Å²) in [5, 5.41) is 14.2. The van der Waals surface area contributed by atoms with Crippen LogP contribution < -0.4 is 19.1 Å². The Labute approximate surface area is 242 Å². The average molecular weight is 594 g/mol. The molecule has 0 unspecified atom stereocenters. The quantitative estimate of drug-likeness (QED) is 0.178. The zero-order valence-corrected chi connectivity index (χ0v) is 23.6. The standard InChI is InChI=1S/C30H28FN3O7S/c1-21-3-16-28(17-29(21)34(36)37)42(38,39)33(25-10-14-26(40-2)15-11-25)19-30(35)32-18-22-6-12-27(13-7-22)41-20-23-4-8-24(31)9-5-23/h3-17H,18-20H2,1-2H3,(H,32,35). The van der Waals surface area contributed by atoms with Gasteiger partial charge in [-0.1, -0.05) is 30.3 Å². The number of nitro groups is 1. The number of benzene rings is 4. The third-order valence-electron chi connectivity index (χ3n) is 6.34. The second kappa shape index (κ2) is 13.1. The second-order valence-corrected chi connectivity index (χ2v) is 11.1. The molecule has 1 amide bonds. The van der Waals surface area contributed by atoms with E-state index >= 15 is 0 Å². The number of hydrogen-bond acceptors (Lipinski definition) is 7. The number of anilines is 1. The third-order valence-corrected chi connectivity index (χ3v) is 8.11. The molecule has 10 nitrogen and oxygen atoms in total. The van der Waals surface area contributed by atoms with Crippen molar-refractivity contribution >= 4 is 27.3 Å². The van der Waals surface area contributed by atoms with Crippen molar-refractivity contribution in [2.75, 3.05) is 18.0 Å². The Kier molecular flexibility index (Phi) is 9.38. The summed E-state index contributed by atoms with van der Waals surface area (Å²) in [7, 11) is -2.91. The zero-order chi connectivity index (χ0) is 30.3. The molecule has 0 saturated heterocycles.